The van der Waals surface area contributed by atoms with Crippen molar-refractivity contribution in [2.45, 2.75) is 105 Å². The van der Waals surface area contributed by atoms with Gasteiger partial charge in [0.2, 0.25) is 6.54 Å². The monoisotopic (exact) mass is 509 g/mol. The number of rotatable bonds is 3. The van der Waals surface area contributed by atoms with Gasteiger partial charge in [0.15, 0.2) is 11.5 Å². The van der Waals surface area contributed by atoms with Crippen molar-refractivity contribution in [2.24, 2.45) is 27.6 Å². The van der Waals surface area contributed by atoms with Gasteiger partial charge in [-0.3, -0.25) is 14.9 Å². The number of Topliss-reactive ketones (excluding diaryl/α,β-unsaturated/α-hetero) is 1. The van der Waals surface area contributed by atoms with E-state index >= 15 is 0 Å². The van der Waals surface area contributed by atoms with E-state index in [-0.39, 0.29) is 55.8 Å². The first kappa shape index (κ1) is 26.2. The number of phenolic OH excluding ortho intramolecular Hbond substituents is 2. The number of hydrogen-bond acceptors (Lipinski definition) is 5. The fourth-order valence-corrected chi connectivity index (χ4v) is 9.47. The average Bonchev–Trinajstić information content (AvgIpc) is 2.81. The zero-order valence-electron chi connectivity index (χ0n) is 23.5. The summed E-state index contributed by atoms with van der Waals surface area (Å²) in [6.07, 6.45) is 9.04. The molecule has 2 N–H and O–H groups in total. The van der Waals surface area contributed by atoms with Gasteiger partial charge in [0.25, 0.3) is 0 Å². The van der Waals surface area contributed by atoms with Crippen LogP contribution in [-0.2, 0) is 10.2 Å². The van der Waals surface area contributed by atoms with Gasteiger partial charge in [0, 0.05) is 15.8 Å². The lowest BCUT2D eigenvalue weighted by Crippen LogP contribution is -2.62. The Morgan fingerprint density at radius 2 is 1.70 bits per heavy atom. The van der Waals surface area contributed by atoms with Gasteiger partial charge < -0.3 is 10.2 Å². The molecule has 0 heterocycles. The van der Waals surface area contributed by atoms with E-state index < -0.39 is 5.92 Å². The maximum Gasteiger partial charge on any atom is 0.214 e. The molecule has 6 nitrogen and oxygen atoms in total. The number of carbonyl (C=O) groups excluding carboxylic acids is 1. The van der Waals surface area contributed by atoms with Crippen LogP contribution in [0.1, 0.15) is 109 Å². The molecule has 5 rings (SSSR count). The summed E-state index contributed by atoms with van der Waals surface area (Å²) in [4.78, 5) is 24.3. The third-order valence-electron chi connectivity index (χ3n) is 12.4. The third kappa shape index (κ3) is 3.32. The van der Waals surface area contributed by atoms with Gasteiger partial charge in [0.05, 0.1) is 5.92 Å². The molecule has 4 aliphatic rings. The first-order valence-electron chi connectivity index (χ1n) is 13.9. The molecule has 0 aromatic heterocycles. The normalized spacial score (nSPS) is 42.5. The highest BCUT2D eigenvalue weighted by Gasteiger charge is 2.67. The van der Waals surface area contributed by atoms with Crippen molar-refractivity contribution in [3.05, 3.63) is 44.5 Å². The first-order valence-corrected chi connectivity index (χ1v) is 13.9. The van der Waals surface area contributed by atoms with Crippen molar-refractivity contribution in [3.8, 4) is 11.5 Å². The molecule has 6 heteroatoms. The van der Waals surface area contributed by atoms with Crippen molar-refractivity contribution in [1.29, 1.82) is 0 Å². The molecule has 202 valence electrons. The molecule has 1 aromatic carbocycles. The molecule has 0 aliphatic heterocycles. The van der Waals surface area contributed by atoms with Gasteiger partial charge in [-0.25, -0.2) is 0 Å². The summed E-state index contributed by atoms with van der Waals surface area (Å²) in [6.45, 7) is 14.9. The lowest BCUT2D eigenvalue weighted by Gasteiger charge is -2.70. The van der Waals surface area contributed by atoms with E-state index in [1.807, 2.05) is 0 Å². The highest BCUT2D eigenvalue weighted by atomic mass is 16.6. The maximum absolute atomic E-state index is 12.8. The van der Waals surface area contributed by atoms with E-state index in [0.29, 0.717) is 11.5 Å². The third-order valence-corrected chi connectivity index (χ3v) is 12.4. The Hall–Kier alpha value is -2.37. The largest absolute Gasteiger partial charge is 0.504 e. The lowest BCUT2D eigenvalue weighted by molar-refractivity contribution is -0.481. The number of benzene rings is 1. The number of aromatic hydroxyl groups is 2. The predicted molar refractivity (Wildman–Crippen MR) is 143 cm³/mol. The maximum atomic E-state index is 12.8. The number of hydrogen-bond donors (Lipinski definition) is 2. The number of nitro groups is 1. The molecular formula is C31H43NO5. The van der Waals surface area contributed by atoms with Crippen molar-refractivity contribution in [3.63, 3.8) is 0 Å². The zero-order valence-corrected chi connectivity index (χ0v) is 23.5. The summed E-state index contributed by atoms with van der Waals surface area (Å²) >= 11 is 0. The van der Waals surface area contributed by atoms with E-state index in [0.717, 1.165) is 56.1 Å². The molecule has 1 aromatic rings. The topological polar surface area (TPSA) is 101 Å². The molecule has 0 saturated heterocycles. The summed E-state index contributed by atoms with van der Waals surface area (Å²) in [5.41, 5.74) is 2.80. The average molecular weight is 510 g/mol. The van der Waals surface area contributed by atoms with Crippen molar-refractivity contribution < 1.29 is 19.9 Å². The first-order chi connectivity index (χ1) is 17.0. The summed E-state index contributed by atoms with van der Waals surface area (Å²) in [7, 11) is 0. The van der Waals surface area contributed by atoms with Gasteiger partial charge in [-0.1, -0.05) is 46.3 Å². The Labute approximate surface area is 220 Å². The molecule has 0 bridgehead atoms. The number of fused-ring (bicyclic) bond motifs is 7. The molecule has 0 unspecified atom stereocenters. The fourth-order valence-electron chi connectivity index (χ4n) is 9.47. The van der Waals surface area contributed by atoms with E-state index in [1.165, 1.54) is 5.57 Å². The van der Waals surface area contributed by atoms with Crippen LogP contribution in [0.15, 0.2) is 17.7 Å². The van der Waals surface area contributed by atoms with Crippen LogP contribution in [0.4, 0.5) is 0 Å². The highest BCUT2D eigenvalue weighted by molar-refractivity contribution is 5.82. The number of nitrogens with zero attached hydrogens (tertiary/aromatic N) is 1. The van der Waals surface area contributed by atoms with Crippen molar-refractivity contribution in [2.75, 3.05) is 6.54 Å². The van der Waals surface area contributed by atoms with Crippen LogP contribution in [0.25, 0.3) is 0 Å². The molecule has 7 atom stereocenters. The van der Waals surface area contributed by atoms with Crippen LogP contribution in [0.5, 0.6) is 11.5 Å². The molecule has 0 amide bonds. The van der Waals surface area contributed by atoms with Gasteiger partial charge in [-0.15, -0.1) is 0 Å². The van der Waals surface area contributed by atoms with Crippen LogP contribution in [0, 0.1) is 44.6 Å². The second-order valence-corrected chi connectivity index (χ2v) is 14.1. The molecule has 0 radical (unpaired) electrons. The van der Waals surface area contributed by atoms with E-state index in [4.69, 9.17) is 0 Å². The Bertz CT molecular complexity index is 1240. The van der Waals surface area contributed by atoms with E-state index in [9.17, 15) is 25.1 Å². The molecule has 4 aliphatic carbocycles. The Balaban J connectivity index is 1.70. The van der Waals surface area contributed by atoms with E-state index in [2.05, 4.69) is 40.7 Å². The molecule has 0 spiro atoms. The van der Waals surface area contributed by atoms with Gasteiger partial charge in [-0.2, -0.15) is 0 Å². The van der Waals surface area contributed by atoms with Gasteiger partial charge in [0.1, 0.15) is 5.78 Å². The molecule has 37 heavy (non-hydrogen) atoms. The second-order valence-electron chi connectivity index (χ2n) is 14.1. The van der Waals surface area contributed by atoms with Crippen LogP contribution in [0.3, 0.4) is 0 Å². The summed E-state index contributed by atoms with van der Waals surface area (Å²) in [5.74, 6) is -0.122. The van der Waals surface area contributed by atoms with Crippen LogP contribution < -0.4 is 0 Å². The predicted octanol–water partition coefficient (Wildman–Crippen LogP) is 6.97. The smallest absolute Gasteiger partial charge is 0.214 e. The molecule has 3 saturated carbocycles. The standard InChI is InChI=1S/C31H43NO5/c1-18-25-20(17-32(36)37)14-23-29(5,21(25)15-22(34)26(18)35)11-13-31(7)24-16-28(4,19(2)33)9-8-27(24,3)10-12-30(23,31)6/h14-15,20,24,34-35H,8-13,16-17H2,1-7H3/t20-,24+,27+,28+,29-,30+,31-/m0/s1. The minimum absolute atomic E-state index is 0.0485. The second kappa shape index (κ2) is 7.83. The zero-order chi connectivity index (χ0) is 27.3. The quantitative estimate of drug-likeness (QED) is 0.198. The number of carbonyl (C=O) groups is 1. The summed E-state index contributed by atoms with van der Waals surface area (Å²) in [5, 5.41) is 33.0. The molecule has 3 fully saturated rings. The number of allylic oxidation sites excluding steroid dienone is 1. The van der Waals surface area contributed by atoms with Crippen LogP contribution in [0.2, 0.25) is 0 Å². The number of ketones is 1. The van der Waals surface area contributed by atoms with Crippen LogP contribution >= 0.6 is 0 Å². The Kier molecular flexibility index (Phi) is 5.55. The van der Waals surface area contributed by atoms with Crippen LogP contribution in [-0.4, -0.2) is 27.5 Å². The van der Waals surface area contributed by atoms with Crippen molar-refractivity contribution in [1.82, 2.24) is 0 Å². The van der Waals surface area contributed by atoms with Crippen molar-refractivity contribution >= 4 is 5.78 Å². The minimum Gasteiger partial charge on any atom is -0.504 e. The number of phenols is 2. The van der Waals surface area contributed by atoms with Gasteiger partial charge in [-0.05, 0) is 104 Å². The van der Waals surface area contributed by atoms with Gasteiger partial charge >= 0.3 is 0 Å². The molecular weight excluding hydrogens is 466 g/mol. The summed E-state index contributed by atoms with van der Waals surface area (Å²) in [6, 6.07) is 1.67. The minimum atomic E-state index is -0.457. The fraction of sp³-hybridized carbons (Fsp3) is 0.710. The Morgan fingerprint density at radius 1 is 1.05 bits per heavy atom. The highest BCUT2D eigenvalue weighted by Crippen LogP contribution is 2.75. The lowest BCUT2D eigenvalue weighted by atomic mass is 9.34. The van der Waals surface area contributed by atoms with E-state index in [1.54, 1.807) is 19.9 Å². The Morgan fingerprint density at radius 3 is 2.32 bits per heavy atom. The summed E-state index contributed by atoms with van der Waals surface area (Å²) < 4.78 is 0. The SMILES string of the molecule is CC(=O)[C@]1(C)CC[C@]2(C)CC[C@]3(C)C4=C[C@@H](C[N+](=O)[O-])c5c(cc(O)c(O)c5C)[C@]4(C)CC[C@@]3(C)[C@@H]2C1.